The molecule has 4 heteroatoms. The van der Waals surface area contributed by atoms with Crippen LogP contribution in [0.1, 0.15) is 25.7 Å². The molecule has 1 heterocycles. The first-order valence-corrected chi connectivity index (χ1v) is 5.37. The fourth-order valence-corrected chi connectivity index (χ4v) is 2.16. The molecule has 1 saturated heterocycles. The molecule has 15 heavy (non-hydrogen) atoms. The Balaban J connectivity index is 2.02. The predicted molar refractivity (Wildman–Crippen MR) is 52.6 cm³/mol. The highest BCUT2D eigenvalue weighted by molar-refractivity contribution is 5.83. The van der Waals surface area contributed by atoms with Crippen molar-refractivity contribution in [2.45, 2.75) is 37.6 Å². The quantitative estimate of drug-likeness (QED) is 0.647. The van der Waals surface area contributed by atoms with Gasteiger partial charge < -0.3 is 4.90 Å². The summed E-state index contributed by atoms with van der Waals surface area (Å²) < 4.78 is 25.5. The highest BCUT2D eigenvalue weighted by atomic mass is 19.3. The van der Waals surface area contributed by atoms with Crippen molar-refractivity contribution >= 4 is 5.91 Å². The van der Waals surface area contributed by atoms with E-state index in [0.717, 1.165) is 19.3 Å². The second-order valence-corrected chi connectivity index (χ2v) is 4.35. The van der Waals surface area contributed by atoms with Crippen molar-refractivity contribution in [1.29, 1.82) is 0 Å². The summed E-state index contributed by atoms with van der Waals surface area (Å²) in [4.78, 5) is 13.3. The summed E-state index contributed by atoms with van der Waals surface area (Å²) in [6.45, 7) is 4.25. The highest BCUT2D eigenvalue weighted by Crippen LogP contribution is 2.50. The lowest BCUT2D eigenvalue weighted by Crippen LogP contribution is -2.44. The minimum Gasteiger partial charge on any atom is -0.336 e. The second-order valence-electron chi connectivity index (χ2n) is 4.35. The first-order valence-electron chi connectivity index (χ1n) is 5.37. The minimum atomic E-state index is -2.75. The van der Waals surface area contributed by atoms with Gasteiger partial charge in [-0.15, -0.1) is 6.58 Å². The van der Waals surface area contributed by atoms with E-state index in [9.17, 15) is 13.6 Å². The van der Waals surface area contributed by atoms with Crippen molar-refractivity contribution < 1.29 is 13.6 Å². The number of likely N-dealkylation sites (tertiary alicyclic amines) is 1. The number of hydrogen-bond donors (Lipinski definition) is 0. The van der Waals surface area contributed by atoms with Crippen LogP contribution >= 0.6 is 0 Å². The number of alkyl halides is 2. The Hall–Kier alpha value is -0.930. The van der Waals surface area contributed by atoms with Crippen LogP contribution in [0.25, 0.3) is 0 Å². The van der Waals surface area contributed by atoms with Crippen molar-refractivity contribution in [3.05, 3.63) is 12.7 Å². The zero-order valence-electron chi connectivity index (χ0n) is 8.59. The fourth-order valence-electron chi connectivity index (χ4n) is 2.16. The third-order valence-corrected chi connectivity index (χ3v) is 3.23. The predicted octanol–water partition coefficient (Wildman–Crippen LogP) is 2.21. The monoisotopic (exact) mass is 215 g/mol. The van der Waals surface area contributed by atoms with Gasteiger partial charge >= 0.3 is 0 Å². The average Bonchev–Trinajstić information content (AvgIpc) is 2.86. The number of hydrogen-bond acceptors (Lipinski definition) is 1. The largest absolute Gasteiger partial charge is 0.336 e. The molecule has 0 bridgehead atoms. The molecule has 0 radical (unpaired) electrons. The number of halogens is 2. The number of carbonyl (C=O) groups excluding carboxylic acids is 1. The number of rotatable bonds is 2. The van der Waals surface area contributed by atoms with Crippen LogP contribution in [0, 0.1) is 5.92 Å². The number of carbonyl (C=O) groups is 1. The molecule has 0 aromatic heterocycles. The summed E-state index contributed by atoms with van der Waals surface area (Å²) in [6, 6.07) is -0.0392. The smallest absolute Gasteiger partial charge is 0.260 e. The van der Waals surface area contributed by atoms with Gasteiger partial charge in [0.05, 0.1) is 0 Å². The van der Waals surface area contributed by atoms with Crippen molar-refractivity contribution in [1.82, 2.24) is 4.90 Å². The van der Waals surface area contributed by atoms with Crippen molar-refractivity contribution in [3.8, 4) is 0 Å². The molecule has 1 amide bonds. The normalized spacial score (nSPS) is 33.6. The first-order chi connectivity index (χ1) is 7.06. The average molecular weight is 215 g/mol. The van der Waals surface area contributed by atoms with Crippen molar-refractivity contribution in [2.24, 2.45) is 5.92 Å². The Labute approximate surface area is 87.9 Å². The number of nitrogens with zero attached hydrogens (tertiary/aromatic N) is 1. The van der Waals surface area contributed by atoms with Gasteiger partial charge in [0.25, 0.3) is 5.92 Å². The van der Waals surface area contributed by atoms with Crippen LogP contribution in [0.2, 0.25) is 0 Å². The van der Waals surface area contributed by atoms with Gasteiger partial charge in [0.15, 0.2) is 0 Å². The Morgan fingerprint density at radius 1 is 1.47 bits per heavy atom. The maximum Gasteiger partial charge on any atom is 0.260 e. The molecule has 0 N–H and O–H groups in total. The Bertz CT molecular complexity index is 290. The van der Waals surface area contributed by atoms with Crippen molar-refractivity contribution in [2.75, 3.05) is 6.54 Å². The highest BCUT2D eigenvalue weighted by Gasteiger charge is 2.62. The lowest BCUT2D eigenvalue weighted by Gasteiger charge is -2.34. The van der Waals surface area contributed by atoms with E-state index in [1.54, 1.807) is 11.0 Å². The van der Waals surface area contributed by atoms with E-state index in [1.165, 1.54) is 0 Å². The molecule has 2 aliphatic rings. The van der Waals surface area contributed by atoms with Gasteiger partial charge in [0.2, 0.25) is 5.91 Å². The summed E-state index contributed by atoms with van der Waals surface area (Å²) in [5, 5.41) is 0. The lowest BCUT2D eigenvalue weighted by atomic mass is 10.0. The van der Waals surface area contributed by atoms with Crippen molar-refractivity contribution in [3.63, 3.8) is 0 Å². The molecule has 2 nitrogen and oxygen atoms in total. The maximum absolute atomic E-state index is 12.8. The van der Waals surface area contributed by atoms with Crippen LogP contribution in [0.4, 0.5) is 8.78 Å². The molecule has 1 aliphatic carbocycles. The van der Waals surface area contributed by atoms with E-state index >= 15 is 0 Å². The van der Waals surface area contributed by atoms with Gasteiger partial charge in [-0.3, -0.25) is 4.79 Å². The van der Waals surface area contributed by atoms with Crippen LogP contribution in [0.3, 0.4) is 0 Å². The second kappa shape index (κ2) is 3.58. The SMILES string of the molecule is C=C[C@H]1CCCCN1C(=O)[C@@H]1CC1(F)F. The summed E-state index contributed by atoms with van der Waals surface area (Å²) in [5.41, 5.74) is 0. The molecule has 0 aromatic carbocycles. The molecular weight excluding hydrogens is 200 g/mol. The summed E-state index contributed by atoms with van der Waals surface area (Å²) >= 11 is 0. The van der Waals surface area contributed by atoms with Crippen LogP contribution in [0.15, 0.2) is 12.7 Å². The fraction of sp³-hybridized carbons (Fsp3) is 0.727. The van der Waals surface area contributed by atoms with Gasteiger partial charge in [0.1, 0.15) is 5.92 Å². The Morgan fingerprint density at radius 3 is 2.67 bits per heavy atom. The van der Waals surface area contributed by atoms with E-state index < -0.39 is 11.8 Å². The van der Waals surface area contributed by atoms with Crippen LogP contribution in [0.5, 0.6) is 0 Å². The van der Waals surface area contributed by atoms with E-state index in [4.69, 9.17) is 0 Å². The summed E-state index contributed by atoms with van der Waals surface area (Å²) in [6.07, 6.45) is 4.23. The molecular formula is C11H15F2NO. The third-order valence-electron chi connectivity index (χ3n) is 3.23. The zero-order chi connectivity index (χ0) is 11.1. The van der Waals surface area contributed by atoms with E-state index in [2.05, 4.69) is 6.58 Å². The summed E-state index contributed by atoms with van der Waals surface area (Å²) in [5.74, 6) is -4.19. The molecule has 84 valence electrons. The lowest BCUT2D eigenvalue weighted by molar-refractivity contribution is -0.137. The summed E-state index contributed by atoms with van der Waals surface area (Å²) in [7, 11) is 0. The molecule has 0 unspecified atom stereocenters. The first kappa shape index (κ1) is 10.6. The molecule has 0 spiro atoms. The van der Waals surface area contributed by atoms with E-state index in [0.29, 0.717) is 6.54 Å². The van der Waals surface area contributed by atoms with Gasteiger partial charge in [-0.25, -0.2) is 8.78 Å². The van der Waals surface area contributed by atoms with Crippen LogP contribution in [-0.2, 0) is 4.79 Å². The van der Waals surface area contributed by atoms with Gasteiger partial charge in [-0.05, 0) is 19.3 Å². The molecule has 2 atom stereocenters. The molecule has 1 aliphatic heterocycles. The topological polar surface area (TPSA) is 20.3 Å². The molecule has 2 rings (SSSR count). The van der Waals surface area contributed by atoms with Crippen LogP contribution in [-0.4, -0.2) is 29.3 Å². The van der Waals surface area contributed by atoms with E-state index in [1.807, 2.05) is 0 Å². The van der Waals surface area contributed by atoms with Crippen LogP contribution < -0.4 is 0 Å². The Kier molecular flexibility index (Phi) is 2.52. The number of piperidine rings is 1. The zero-order valence-corrected chi connectivity index (χ0v) is 8.59. The molecule has 0 aromatic rings. The standard InChI is InChI=1S/C11H15F2NO/c1-2-8-5-3-4-6-14(8)10(15)9-7-11(9,12)13/h2,8-9H,1,3-7H2/t8-,9-/m0/s1. The maximum atomic E-state index is 12.8. The van der Waals surface area contributed by atoms with E-state index in [-0.39, 0.29) is 18.4 Å². The minimum absolute atomic E-state index is 0.0392. The van der Waals surface area contributed by atoms with Gasteiger partial charge in [-0.2, -0.15) is 0 Å². The van der Waals surface area contributed by atoms with Gasteiger partial charge in [0, 0.05) is 19.0 Å². The third kappa shape index (κ3) is 1.90. The molecule has 1 saturated carbocycles. The van der Waals surface area contributed by atoms with Gasteiger partial charge in [-0.1, -0.05) is 6.08 Å². The molecule has 2 fully saturated rings. The Morgan fingerprint density at radius 2 is 2.13 bits per heavy atom. The number of amides is 1.